The Morgan fingerprint density at radius 1 is 1.15 bits per heavy atom. The summed E-state index contributed by atoms with van der Waals surface area (Å²) >= 11 is 0. The third kappa shape index (κ3) is 3.64. The number of nitro groups is 1. The Labute approximate surface area is 149 Å². The summed E-state index contributed by atoms with van der Waals surface area (Å²) in [5.74, 6) is 1.06. The van der Waals surface area contributed by atoms with E-state index in [9.17, 15) is 10.1 Å². The lowest BCUT2D eigenvalue weighted by Gasteiger charge is -2.11. The van der Waals surface area contributed by atoms with Crippen LogP contribution in [0, 0.1) is 17.0 Å². The van der Waals surface area contributed by atoms with Gasteiger partial charge in [0.05, 0.1) is 18.1 Å². The minimum atomic E-state index is -0.659. The highest BCUT2D eigenvalue weighted by atomic mass is 16.6. The molecule has 0 fully saturated rings. The molecule has 0 N–H and O–H groups in total. The third-order valence-electron chi connectivity index (χ3n) is 3.75. The Morgan fingerprint density at radius 3 is 2.54 bits per heavy atom. The van der Waals surface area contributed by atoms with Crippen molar-refractivity contribution < 1.29 is 18.8 Å². The van der Waals surface area contributed by atoms with Crippen molar-refractivity contribution in [2.45, 2.75) is 20.0 Å². The molecule has 1 aromatic heterocycles. The lowest BCUT2D eigenvalue weighted by molar-refractivity contribution is -0.386. The summed E-state index contributed by atoms with van der Waals surface area (Å²) in [7, 11) is 1.44. The van der Waals surface area contributed by atoms with Crippen LogP contribution < -0.4 is 9.47 Å². The molecule has 134 valence electrons. The maximum atomic E-state index is 11.2. The Bertz CT molecular complexity index is 921. The number of nitro benzene ring substituents is 1. The lowest BCUT2D eigenvalue weighted by atomic mass is 10.1. The van der Waals surface area contributed by atoms with Crippen LogP contribution in [0.2, 0.25) is 0 Å². The summed E-state index contributed by atoms with van der Waals surface area (Å²) in [6.07, 6.45) is -0.659. The van der Waals surface area contributed by atoms with Crippen LogP contribution in [0.5, 0.6) is 11.5 Å². The average molecular weight is 355 g/mol. The van der Waals surface area contributed by atoms with Crippen molar-refractivity contribution in [2.24, 2.45) is 0 Å². The number of methoxy groups -OCH3 is 1. The van der Waals surface area contributed by atoms with Gasteiger partial charge in [-0.3, -0.25) is 10.1 Å². The van der Waals surface area contributed by atoms with Gasteiger partial charge in [-0.25, -0.2) is 0 Å². The lowest BCUT2D eigenvalue weighted by Crippen LogP contribution is -2.05. The Morgan fingerprint density at radius 2 is 1.88 bits per heavy atom. The van der Waals surface area contributed by atoms with Crippen molar-refractivity contribution in [1.29, 1.82) is 0 Å². The zero-order valence-corrected chi connectivity index (χ0v) is 14.5. The van der Waals surface area contributed by atoms with E-state index in [2.05, 4.69) is 10.2 Å². The van der Waals surface area contributed by atoms with Crippen LogP contribution in [0.15, 0.2) is 46.9 Å². The van der Waals surface area contributed by atoms with E-state index in [0.717, 1.165) is 11.1 Å². The second-order valence-corrected chi connectivity index (χ2v) is 5.66. The molecule has 0 saturated carbocycles. The molecule has 2 aromatic carbocycles. The highest BCUT2D eigenvalue weighted by Gasteiger charge is 2.22. The molecular formula is C18H17N3O5. The minimum absolute atomic E-state index is 0.0957. The maximum Gasteiger partial charge on any atom is 0.314 e. The van der Waals surface area contributed by atoms with Gasteiger partial charge in [-0.05, 0) is 38.1 Å². The number of benzene rings is 2. The van der Waals surface area contributed by atoms with E-state index in [1.165, 1.54) is 19.2 Å². The standard InChI is InChI=1S/C18H17N3O5/c1-11-4-6-13(7-5-11)18-20-19-17(26-18)12(2)25-16-9-8-14(24-3)10-15(16)21(22)23/h4-10,12H,1-3H3/t12-/m0/s1. The van der Waals surface area contributed by atoms with Crippen molar-refractivity contribution >= 4 is 5.69 Å². The summed E-state index contributed by atoms with van der Waals surface area (Å²) in [5, 5.41) is 19.2. The molecule has 3 rings (SSSR count). The van der Waals surface area contributed by atoms with Gasteiger partial charge in [0.25, 0.3) is 5.89 Å². The van der Waals surface area contributed by atoms with Crippen molar-refractivity contribution in [2.75, 3.05) is 7.11 Å². The van der Waals surface area contributed by atoms with Gasteiger partial charge in [-0.15, -0.1) is 10.2 Å². The second kappa shape index (κ2) is 7.22. The van der Waals surface area contributed by atoms with Crippen LogP contribution in [0.4, 0.5) is 5.69 Å². The van der Waals surface area contributed by atoms with Crippen LogP contribution in [0.25, 0.3) is 11.5 Å². The van der Waals surface area contributed by atoms with E-state index in [-0.39, 0.29) is 17.3 Å². The average Bonchev–Trinajstić information content (AvgIpc) is 3.12. The van der Waals surface area contributed by atoms with E-state index in [0.29, 0.717) is 11.6 Å². The summed E-state index contributed by atoms with van der Waals surface area (Å²) in [4.78, 5) is 10.7. The first-order chi connectivity index (χ1) is 12.5. The first kappa shape index (κ1) is 17.4. The highest BCUT2D eigenvalue weighted by molar-refractivity contribution is 5.53. The fourth-order valence-corrected chi connectivity index (χ4v) is 2.32. The second-order valence-electron chi connectivity index (χ2n) is 5.66. The molecule has 26 heavy (non-hydrogen) atoms. The van der Waals surface area contributed by atoms with Gasteiger partial charge in [0.15, 0.2) is 11.9 Å². The molecule has 1 atom stereocenters. The van der Waals surface area contributed by atoms with Gasteiger partial charge in [0, 0.05) is 5.56 Å². The van der Waals surface area contributed by atoms with Crippen molar-refractivity contribution in [3.05, 3.63) is 64.0 Å². The topological polar surface area (TPSA) is 101 Å². The largest absolute Gasteiger partial charge is 0.496 e. The summed E-state index contributed by atoms with van der Waals surface area (Å²) in [6.45, 7) is 3.67. The van der Waals surface area contributed by atoms with E-state index in [1.807, 2.05) is 31.2 Å². The van der Waals surface area contributed by atoms with E-state index >= 15 is 0 Å². The Hall–Kier alpha value is -3.42. The van der Waals surface area contributed by atoms with Crippen LogP contribution in [-0.2, 0) is 0 Å². The van der Waals surface area contributed by atoms with Gasteiger partial charge in [0.2, 0.25) is 5.89 Å². The predicted molar refractivity (Wildman–Crippen MR) is 93.2 cm³/mol. The maximum absolute atomic E-state index is 11.2. The van der Waals surface area contributed by atoms with E-state index < -0.39 is 11.0 Å². The Balaban J connectivity index is 1.82. The van der Waals surface area contributed by atoms with Crippen molar-refractivity contribution in [1.82, 2.24) is 10.2 Å². The molecule has 0 unspecified atom stereocenters. The van der Waals surface area contributed by atoms with E-state index in [4.69, 9.17) is 13.9 Å². The van der Waals surface area contributed by atoms with Gasteiger partial charge in [0.1, 0.15) is 5.75 Å². The number of aromatic nitrogens is 2. The number of rotatable bonds is 6. The van der Waals surface area contributed by atoms with Gasteiger partial charge in [-0.1, -0.05) is 17.7 Å². The molecule has 0 aliphatic heterocycles. The molecule has 0 aliphatic rings. The first-order valence-electron chi connectivity index (χ1n) is 7.87. The summed E-state index contributed by atoms with van der Waals surface area (Å²) < 4.78 is 16.3. The molecule has 0 bridgehead atoms. The van der Waals surface area contributed by atoms with Gasteiger partial charge < -0.3 is 13.9 Å². The number of nitrogens with zero attached hydrogens (tertiary/aromatic N) is 3. The van der Waals surface area contributed by atoms with E-state index in [1.54, 1.807) is 13.0 Å². The molecule has 8 heteroatoms. The number of ether oxygens (including phenoxy) is 2. The summed E-state index contributed by atoms with van der Waals surface area (Å²) in [6, 6.07) is 12.0. The minimum Gasteiger partial charge on any atom is -0.496 e. The zero-order valence-electron chi connectivity index (χ0n) is 14.5. The van der Waals surface area contributed by atoms with Gasteiger partial charge in [-0.2, -0.15) is 0 Å². The fourth-order valence-electron chi connectivity index (χ4n) is 2.32. The fraction of sp³-hybridized carbons (Fsp3) is 0.222. The molecule has 0 aliphatic carbocycles. The Kier molecular flexibility index (Phi) is 4.83. The number of hydrogen-bond donors (Lipinski definition) is 0. The van der Waals surface area contributed by atoms with Crippen LogP contribution >= 0.6 is 0 Å². The molecule has 8 nitrogen and oxygen atoms in total. The molecular weight excluding hydrogens is 338 g/mol. The van der Waals surface area contributed by atoms with Crippen molar-refractivity contribution in [3.63, 3.8) is 0 Å². The molecule has 3 aromatic rings. The highest BCUT2D eigenvalue weighted by Crippen LogP contribution is 2.34. The SMILES string of the molecule is COc1ccc(O[C@@H](C)c2nnc(-c3ccc(C)cc3)o2)c([N+](=O)[O-])c1. The number of aryl methyl sites for hydroxylation is 1. The summed E-state index contributed by atoms with van der Waals surface area (Å²) in [5.41, 5.74) is 1.71. The monoisotopic (exact) mass is 355 g/mol. The third-order valence-corrected chi connectivity index (χ3v) is 3.75. The molecule has 0 radical (unpaired) electrons. The predicted octanol–water partition coefficient (Wildman–Crippen LogP) is 4.10. The molecule has 1 heterocycles. The quantitative estimate of drug-likeness (QED) is 0.484. The van der Waals surface area contributed by atoms with Crippen LogP contribution in [0.1, 0.15) is 24.5 Å². The number of hydrogen-bond acceptors (Lipinski definition) is 7. The van der Waals surface area contributed by atoms with Crippen molar-refractivity contribution in [3.8, 4) is 23.0 Å². The zero-order chi connectivity index (χ0) is 18.7. The van der Waals surface area contributed by atoms with Crippen LogP contribution in [0.3, 0.4) is 0 Å². The van der Waals surface area contributed by atoms with Gasteiger partial charge >= 0.3 is 5.69 Å². The first-order valence-corrected chi connectivity index (χ1v) is 7.87. The molecule has 0 spiro atoms. The molecule has 0 saturated heterocycles. The molecule has 0 amide bonds. The van der Waals surface area contributed by atoms with Crippen LogP contribution in [-0.4, -0.2) is 22.2 Å². The normalized spacial score (nSPS) is 11.8. The smallest absolute Gasteiger partial charge is 0.314 e.